The molecule has 0 aliphatic rings. The molecule has 0 aromatic carbocycles. The predicted octanol–water partition coefficient (Wildman–Crippen LogP) is -0.0201. The second kappa shape index (κ2) is 6.19. The molecule has 1 rings (SSSR count). The molecule has 1 unspecified atom stereocenters. The molecule has 0 radical (unpaired) electrons. The van der Waals surface area contributed by atoms with E-state index >= 15 is 0 Å². The van der Waals surface area contributed by atoms with Gasteiger partial charge in [-0.3, -0.25) is 9.78 Å². The average molecular weight is 223 g/mol. The van der Waals surface area contributed by atoms with Gasteiger partial charge in [0.2, 0.25) is 0 Å². The first kappa shape index (κ1) is 12.6. The summed E-state index contributed by atoms with van der Waals surface area (Å²) >= 11 is 0. The molecule has 1 aromatic heterocycles. The van der Waals surface area contributed by atoms with Gasteiger partial charge < -0.3 is 15.8 Å². The van der Waals surface area contributed by atoms with E-state index in [4.69, 9.17) is 10.5 Å². The molecule has 5 heteroatoms. The molecule has 1 amide bonds. The molecule has 1 heterocycles. The lowest BCUT2D eigenvalue weighted by Gasteiger charge is -2.12. The highest BCUT2D eigenvalue weighted by molar-refractivity contribution is 5.80. The molecule has 0 spiro atoms. The summed E-state index contributed by atoms with van der Waals surface area (Å²) < 4.78 is 4.92. The fourth-order valence-electron chi connectivity index (χ4n) is 1.30. The van der Waals surface area contributed by atoms with Crippen molar-refractivity contribution in [2.24, 2.45) is 5.73 Å². The summed E-state index contributed by atoms with van der Waals surface area (Å²) in [6.07, 6.45) is -0.593. The van der Waals surface area contributed by atoms with Crippen molar-refractivity contribution in [3.63, 3.8) is 0 Å². The molecule has 0 bridgehead atoms. The second-order valence-corrected chi connectivity index (χ2v) is 3.45. The zero-order valence-electron chi connectivity index (χ0n) is 9.56. The van der Waals surface area contributed by atoms with Gasteiger partial charge in [-0.2, -0.15) is 0 Å². The Labute approximate surface area is 95.0 Å². The number of pyridine rings is 1. The maximum Gasteiger partial charge on any atom is 0.250 e. The fourth-order valence-corrected chi connectivity index (χ4v) is 1.30. The number of hydrogen-bond acceptors (Lipinski definition) is 4. The predicted molar refractivity (Wildman–Crippen MR) is 60.7 cm³/mol. The number of amides is 1. The van der Waals surface area contributed by atoms with Crippen LogP contribution in [0.4, 0.5) is 0 Å². The number of nitrogens with zero attached hydrogens (tertiary/aromatic N) is 1. The number of hydrogen-bond donors (Lipinski definition) is 2. The summed E-state index contributed by atoms with van der Waals surface area (Å²) in [5.41, 5.74) is 7.12. The molecule has 0 aliphatic carbocycles. The van der Waals surface area contributed by atoms with Crippen molar-refractivity contribution in [1.82, 2.24) is 10.3 Å². The second-order valence-electron chi connectivity index (χ2n) is 3.45. The third kappa shape index (κ3) is 3.60. The third-order valence-electron chi connectivity index (χ3n) is 2.18. The fraction of sp³-hybridized carbons (Fsp3) is 0.455. The number of methoxy groups -OCH3 is 1. The molecule has 0 saturated carbocycles. The van der Waals surface area contributed by atoms with E-state index in [-0.39, 0.29) is 12.5 Å². The van der Waals surface area contributed by atoms with Crippen molar-refractivity contribution in [1.29, 1.82) is 0 Å². The summed E-state index contributed by atoms with van der Waals surface area (Å²) in [7, 11) is 1.46. The Balaban J connectivity index is 2.48. The highest BCUT2D eigenvalue weighted by Crippen LogP contribution is 1.98. The standard InChI is InChI=1S/C11H17N3O2/c1-8-4-3-5-9(14-8)7-13-11(15)10(6-12)16-2/h3-5,10H,6-7,12H2,1-2H3,(H,13,15). The quantitative estimate of drug-likeness (QED) is 0.735. The smallest absolute Gasteiger partial charge is 0.250 e. The van der Waals surface area contributed by atoms with E-state index in [0.29, 0.717) is 6.54 Å². The minimum absolute atomic E-state index is 0.170. The van der Waals surface area contributed by atoms with Crippen molar-refractivity contribution >= 4 is 5.91 Å². The zero-order valence-corrected chi connectivity index (χ0v) is 9.56. The van der Waals surface area contributed by atoms with Gasteiger partial charge in [0.15, 0.2) is 0 Å². The van der Waals surface area contributed by atoms with Gasteiger partial charge in [-0.15, -0.1) is 0 Å². The van der Waals surface area contributed by atoms with Crippen molar-refractivity contribution in [2.45, 2.75) is 19.6 Å². The van der Waals surface area contributed by atoms with Crippen LogP contribution in [-0.2, 0) is 16.1 Å². The molecular formula is C11H17N3O2. The first-order valence-corrected chi connectivity index (χ1v) is 5.10. The Kier molecular flexibility index (Phi) is 4.88. The Morgan fingerprint density at radius 3 is 2.94 bits per heavy atom. The van der Waals surface area contributed by atoms with Gasteiger partial charge in [-0.1, -0.05) is 6.07 Å². The highest BCUT2D eigenvalue weighted by atomic mass is 16.5. The molecular weight excluding hydrogens is 206 g/mol. The number of ether oxygens (including phenoxy) is 1. The molecule has 1 atom stereocenters. The summed E-state index contributed by atoms with van der Waals surface area (Å²) in [5, 5.41) is 2.72. The maximum atomic E-state index is 11.5. The lowest BCUT2D eigenvalue weighted by molar-refractivity contribution is -0.130. The van der Waals surface area contributed by atoms with Gasteiger partial charge in [-0.05, 0) is 19.1 Å². The van der Waals surface area contributed by atoms with Crippen LogP contribution in [0.5, 0.6) is 0 Å². The molecule has 16 heavy (non-hydrogen) atoms. The number of aryl methyl sites for hydroxylation is 1. The van der Waals surface area contributed by atoms with E-state index in [2.05, 4.69) is 10.3 Å². The lowest BCUT2D eigenvalue weighted by Crippen LogP contribution is -2.40. The number of nitrogens with two attached hydrogens (primary N) is 1. The largest absolute Gasteiger partial charge is 0.370 e. The van der Waals surface area contributed by atoms with Gasteiger partial charge in [0.25, 0.3) is 5.91 Å². The minimum atomic E-state index is -0.593. The Bertz CT molecular complexity index is 351. The number of nitrogens with one attached hydrogen (secondary N) is 1. The molecule has 88 valence electrons. The van der Waals surface area contributed by atoms with E-state index in [1.807, 2.05) is 25.1 Å². The van der Waals surface area contributed by atoms with Gasteiger partial charge in [0, 0.05) is 19.3 Å². The summed E-state index contributed by atoms with van der Waals surface area (Å²) in [4.78, 5) is 15.8. The van der Waals surface area contributed by atoms with E-state index in [9.17, 15) is 4.79 Å². The topological polar surface area (TPSA) is 77.2 Å². The number of carbonyl (C=O) groups excluding carboxylic acids is 1. The van der Waals surface area contributed by atoms with E-state index in [1.165, 1.54) is 7.11 Å². The van der Waals surface area contributed by atoms with E-state index in [0.717, 1.165) is 11.4 Å². The van der Waals surface area contributed by atoms with Gasteiger partial charge >= 0.3 is 0 Å². The van der Waals surface area contributed by atoms with Crippen molar-refractivity contribution < 1.29 is 9.53 Å². The molecule has 0 saturated heterocycles. The van der Waals surface area contributed by atoms with Crippen LogP contribution in [0.1, 0.15) is 11.4 Å². The number of aromatic nitrogens is 1. The third-order valence-corrected chi connectivity index (χ3v) is 2.18. The summed E-state index contributed by atoms with van der Waals surface area (Å²) in [5.74, 6) is -0.215. The molecule has 0 aliphatic heterocycles. The van der Waals surface area contributed by atoms with Crippen LogP contribution in [0.15, 0.2) is 18.2 Å². The maximum absolute atomic E-state index is 11.5. The first-order valence-electron chi connectivity index (χ1n) is 5.10. The Morgan fingerprint density at radius 1 is 1.62 bits per heavy atom. The lowest BCUT2D eigenvalue weighted by atomic mass is 10.3. The molecule has 0 fully saturated rings. The van der Waals surface area contributed by atoms with Crippen LogP contribution in [0.2, 0.25) is 0 Å². The van der Waals surface area contributed by atoms with Gasteiger partial charge in [0.05, 0.1) is 12.2 Å². The molecule has 5 nitrogen and oxygen atoms in total. The molecule has 3 N–H and O–H groups in total. The Morgan fingerprint density at radius 2 is 2.38 bits per heavy atom. The van der Waals surface area contributed by atoms with Crippen molar-refractivity contribution in [3.8, 4) is 0 Å². The molecule has 1 aromatic rings. The number of carbonyl (C=O) groups is 1. The number of rotatable bonds is 5. The first-order chi connectivity index (χ1) is 7.67. The average Bonchev–Trinajstić information content (AvgIpc) is 2.28. The van der Waals surface area contributed by atoms with Crippen LogP contribution in [0.25, 0.3) is 0 Å². The normalized spacial score (nSPS) is 12.2. The summed E-state index contributed by atoms with van der Waals surface area (Å²) in [6, 6.07) is 5.67. The van der Waals surface area contributed by atoms with Crippen LogP contribution in [0.3, 0.4) is 0 Å². The van der Waals surface area contributed by atoms with Gasteiger partial charge in [0.1, 0.15) is 6.10 Å². The van der Waals surface area contributed by atoms with Crippen molar-refractivity contribution in [2.75, 3.05) is 13.7 Å². The van der Waals surface area contributed by atoms with Crippen LogP contribution in [-0.4, -0.2) is 30.6 Å². The van der Waals surface area contributed by atoms with Crippen LogP contribution in [0, 0.1) is 6.92 Å². The zero-order chi connectivity index (χ0) is 12.0. The van der Waals surface area contributed by atoms with Crippen molar-refractivity contribution in [3.05, 3.63) is 29.6 Å². The van der Waals surface area contributed by atoms with Crippen LogP contribution >= 0.6 is 0 Å². The summed E-state index contributed by atoms with van der Waals surface area (Å²) in [6.45, 7) is 2.47. The van der Waals surface area contributed by atoms with E-state index < -0.39 is 6.10 Å². The Hall–Kier alpha value is -1.46. The SMILES string of the molecule is COC(CN)C(=O)NCc1cccc(C)n1. The highest BCUT2D eigenvalue weighted by Gasteiger charge is 2.14. The van der Waals surface area contributed by atoms with E-state index in [1.54, 1.807) is 0 Å². The monoisotopic (exact) mass is 223 g/mol. The van der Waals surface area contributed by atoms with Gasteiger partial charge in [-0.25, -0.2) is 0 Å². The minimum Gasteiger partial charge on any atom is -0.370 e. The van der Waals surface area contributed by atoms with Crippen LogP contribution < -0.4 is 11.1 Å².